The fourth-order valence-electron chi connectivity index (χ4n) is 3.50. The van der Waals surface area contributed by atoms with Crippen molar-refractivity contribution in [2.45, 2.75) is 51.0 Å². The van der Waals surface area contributed by atoms with E-state index in [0.717, 1.165) is 42.8 Å². The lowest BCUT2D eigenvalue weighted by molar-refractivity contribution is -0.127. The maximum atomic E-state index is 13.1. The highest BCUT2D eigenvalue weighted by Gasteiger charge is 2.43. The molecule has 1 aliphatic carbocycles. The molecule has 1 fully saturated rings. The average molecular weight is 332 g/mol. The standard InChI is InChI=1S/C19H22ClNO2/c1-13-8-9-17(23-13)14(2)21-18(22)19(10-3-4-11-19)15-6-5-7-16(20)12-15/h5-9,12,14H,3-4,10-11H2,1-2H3,(H,21,22). The zero-order valence-electron chi connectivity index (χ0n) is 13.6. The lowest BCUT2D eigenvalue weighted by Gasteiger charge is -2.30. The number of hydrogen-bond donors (Lipinski definition) is 1. The predicted octanol–water partition coefficient (Wildman–Crippen LogP) is 4.93. The number of carbonyl (C=O) groups excluding carboxylic acids is 1. The molecule has 2 aromatic rings. The van der Waals surface area contributed by atoms with E-state index in [0.29, 0.717) is 5.02 Å². The van der Waals surface area contributed by atoms with Gasteiger partial charge in [-0.25, -0.2) is 0 Å². The summed E-state index contributed by atoms with van der Waals surface area (Å²) in [4.78, 5) is 13.1. The monoisotopic (exact) mass is 331 g/mol. The maximum absolute atomic E-state index is 13.1. The van der Waals surface area contributed by atoms with Gasteiger partial charge in [0.2, 0.25) is 5.91 Å². The van der Waals surface area contributed by atoms with Crippen LogP contribution in [0, 0.1) is 6.92 Å². The zero-order chi connectivity index (χ0) is 16.4. The van der Waals surface area contributed by atoms with Crippen molar-refractivity contribution in [3.8, 4) is 0 Å². The first kappa shape index (κ1) is 16.1. The van der Waals surface area contributed by atoms with Crippen LogP contribution in [0.25, 0.3) is 0 Å². The second-order valence-electron chi connectivity index (χ2n) is 6.44. The van der Waals surface area contributed by atoms with E-state index >= 15 is 0 Å². The average Bonchev–Trinajstić information content (AvgIpc) is 3.16. The van der Waals surface area contributed by atoms with Gasteiger partial charge in [0, 0.05) is 5.02 Å². The van der Waals surface area contributed by atoms with Gasteiger partial charge in [0.05, 0.1) is 11.5 Å². The fourth-order valence-corrected chi connectivity index (χ4v) is 3.69. The quantitative estimate of drug-likeness (QED) is 0.863. The lowest BCUT2D eigenvalue weighted by Crippen LogP contribution is -2.43. The molecule has 1 N–H and O–H groups in total. The van der Waals surface area contributed by atoms with E-state index in [-0.39, 0.29) is 11.9 Å². The molecule has 122 valence electrons. The number of aryl methyl sites for hydroxylation is 1. The molecular weight excluding hydrogens is 310 g/mol. The van der Waals surface area contributed by atoms with E-state index in [4.69, 9.17) is 16.0 Å². The van der Waals surface area contributed by atoms with Gasteiger partial charge in [0.1, 0.15) is 11.5 Å². The Balaban J connectivity index is 1.85. The van der Waals surface area contributed by atoms with Gasteiger partial charge in [-0.3, -0.25) is 4.79 Å². The van der Waals surface area contributed by atoms with Crippen LogP contribution in [0.5, 0.6) is 0 Å². The van der Waals surface area contributed by atoms with Crippen LogP contribution in [0.4, 0.5) is 0 Å². The number of halogens is 1. The SMILES string of the molecule is Cc1ccc(C(C)NC(=O)C2(c3cccc(Cl)c3)CCCC2)o1. The molecule has 0 saturated heterocycles. The second kappa shape index (κ2) is 6.40. The molecular formula is C19H22ClNO2. The summed E-state index contributed by atoms with van der Waals surface area (Å²) in [5, 5.41) is 3.81. The Kier molecular flexibility index (Phi) is 4.49. The third-order valence-corrected chi connectivity index (χ3v) is 5.04. The number of amides is 1. The lowest BCUT2D eigenvalue weighted by atomic mass is 9.78. The molecule has 1 atom stereocenters. The summed E-state index contributed by atoms with van der Waals surface area (Å²) < 4.78 is 5.63. The summed E-state index contributed by atoms with van der Waals surface area (Å²) in [6, 6.07) is 11.4. The van der Waals surface area contributed by atoms with Gasteiger partial charge in [-0.1, -0.05) is 36.6 Å². The number of benzene rings is 1. The Morgan fingerprint density at radius 3 is 2.61 bits per heavy atom. The highest BCUT2D eigenvalue weighted by atomic mass is 35.5. The number of nitrogens with one attached hydrogen (secondary N) is 1. The van der Waals surface area contributed by atoms with Crippen LogP contribution in [-0.4, -0.2) is 5.91 Å². The zero-order valence-corrected chi connectivity index (χ0v) is 14.3. The summed E-state index contributed by atoms with van der Waals surface area (Å²) in [7, 11) is 0. The molecule has 23 heavy (non-hydrogen) atoms. The molecule has 0 aliphatic heterocycles. The third kappa shape index (κ3) is 3.16. The normalized spacial score (nSPS) is 17.9. The molecule has 1 saturated carbocycles. The number of carbonyl (C=O) groups is 1. The Morgan fingerprint density at radius 1 is 1.26 bits per heavy atom. The first-order chi connectivity index (χ1) is 11.0. The highest BCUT2D eigenvalue weighted by Crippen LogP contribution is 2.42. The molecule has 1 aromatic heterocycles. The van der Waals surface area contributed by atoms with Crippen LogP contribution >= 0.6 is 11.6 Å². The molecule has 0 bridgehead atoms. The van der Waals surface area contributed by atoms with Gasteiger partial charge in [-0.05, 0) is 56.5 Å². The first-order valence-corrected chi connectivity index (χ1v) is 8.52. The Labute approximate surface area is 142 Å². The summed E-state index contributed by atoms with van der Waals surface area (Å²) in [6.07, 6.45) is 3.86. The molecule has 1 heterocycles. The van der Waals surface area contributed by atoms with Crippen LogP contribution in [0.3, 0.4) is 0 Å². The van der Waals surface area contributed by atoms with Gasteiger partial charge in [0.25, 0.3) is 0 Å². The molecule has 3 nitrogen and oxygen atoms in total. The maximum Gasteiger partial charge on any atom is 0.231 e. The van der Waals surface area contributed by atoms with Crippen molar-refractivity contribution < 1.29 is 9.21 Å². The number of hydrogen-bond acceptors (Lipinski definition) is 2. The third-order valence-electron chi connectivity index (χ3n) is 4.80. The Hall–Kier alpha value is -1.74. The van der Waals surface area contributed by atoms with Gasteiger partial charge < -0.3 is 9.73 Å². The van der Waals surface area contributed by atoms with E-state index in [2.05, 4.69) is 5.32 Å². The summed E-state index contributed by atoms with van der Waals surface area (Å²) in [5.41, 5.74) is 0.545. The minimum atomic E-state index is -0.471. The van der Waals surface area contributed by atoms with Crippen molar-refractivity contribution in [1.82, 2.24) is 5.32 Å². The summed E-state index contributed by atoms with van der Waals surface area (Å²) >= 11 is 6.15. The van der Waals surface area contributed by atoms with Crippen LogP contribution in [0.2, 0.25) is 5.02 Å². The van der Waals surface area contributed by atoms with Gasteiger partial charge in [0.15, 0.2) is 0 Å². The topological polar surface area (TPSA) is 42.2 Å². The van der Waals surface area contributed by atoms with E-state index in [1.165, 1.54) is 0 Å². The molecule has 0 spiro atoms. The first-order valence-electron chi connectivity index (χ1n) is 8.15. The molecule has 3 rings (SSSR count). The summed E-state index contributed by atoms with van der Waals surface area (Å²) in [6.45, 7) is 3.86. The molecule has 1 unspecified atom stereocenters. The van der Waals surface area contributed by atoms with E-state index in [9.17, 15) is 4.79 Å². The van der Waals surface area contributed by atoms with Gasteiger partial charge in [-0.15, -0.1) is 0 Å². The Bertz CT molecular complexity index is 701. The predicted molar refractivity (Wildman–Crippen MR) is 91.6 cm³/mol. The van der Waals surface area contributed by atoms with E-state index in [1.54, 1.807) is 0 Å². The van der Waals surface area contributed by atoms with Gasteiger partial charge >= 0.3 is 0 Å². The van der Waals surface area contributed by atoms with Crippen LogP contribution < -0.4 is 5.32 Å². The van der Waals surface area contributed by atoms with Crippen LogP contribution in [-0.2, 0) is 10.2 Å². The molecule has 1 aromatic carbocycles. The molecule has 0 radical (unpaired) electrons. The largest absolute Gasteiger partial charge is 0.464 e. The van der Waals surface area contributed by atoms with E-state index in [1.807, 2.05) is 50.2 Å². The highest BCUT2D eigenvalue weighted by molar-refractivity contribution is 6.30. The molecule has 4 heteroatoms. The number of rotatable bonds is 4. The minimum absolute atomic E-state index is 0.0684. The van der Waals surface area contributed by atoms with Gasteiger partial charge in [-0.2, -0.15) is 0 Å². The Morgan fingerprint density at radius 2 is 2.00 bits per heavy atom. The number of furan rings is 1. The smallest absolute Gasteiger partial charge is 0.231 e. The van der Waals surface area contributed by atoms with Crippen LogP contribution in [0.15, 0.2) is 40.8 Å². The van der Waals surface area contributed by atoms with Crippen molar-refractivity contribution in [2.24, 2.45) is 0 Å². The van der Waals surface area contributed by atoms with Crippen molar-refractivity contribution in [3.05, 3.63) is 58.5 Å². The van der Waals surface area contributed by atoms with Crippen molar-refractivity contribution in [2.75, 3.05) is 0 Å². The molecule has 1 aliphatic rings. The van der Waals surface area contributed by atoms with Crippen molar-refractivity contribution >= 4 is 17.5 Å². The van der Waals surface area contributed by atoms with Crippen LogP contribution in [0.1, 0.15) is 55.7 Å². The van der Waals surface area contributed by atoms with Crippen molar-refractivity contribution in [3.63, 3.8) is 0 Å². The minimum Gasteiger partial charge on any atom is -0.464 e. The summed E-state index contributed by atoms with van der Waals surface area (Å²) in [5.74, 6) is 1.71. The molecule has 1 amide bonds. The van der Waals surface area contributed by atoms with Crippen molar-refractivity contribution in [1.29, 1.82) is 0 Å². The fraction of sp³-hybridized carbons (Fsp3) is 0.421. The van der Waals surface area contributed by atoms with E-state index < -0.39 is 5.41 Å². The second-order valence-corrected chi connectivity index (χ2v) is 6.88.